The zero-order chi connectivity index (χ0) is 15.2. The standard InChI is InChI=1S/C14H22F3N3/c1-4-6-18-8-12-9-19-7-5-13(12)20(11(2)3)10-14(15,16)17/h5,7,9,11,18H,4,6,8,10H2,1-3H3. The van der Waals surface area contributed by atoms with E-state index in [1.54, 1.807) is 26.1 Å². The smallest absolute Gasteiger partial charge is 0.360 e. The lowest BCUT2D eigenvalue weighted by molar-refractivity contribution is -0.120. The second-order valence-electron chi connectivity index (χ2n) is 5.02. The average molecular weight is 289 g/mol. The van der Waals surface area contributed by atoms with Gasteiger partial charge < -0.3 is 10.2 Å². The molecule has 0 saturated heterocycles. The molecular formula is C14H22F3N3. The van der Waals surface area contributed by atoms with Crippen molar-refractivity contribution in [1.29, 1.82) is 0 Å². The third-order valence-corrected chi connectivity index (χ3v) is 2.90. The van der Waals surface area contributed by atoms with Gasteiger partial charge in [0.05, 0.1) is 0 Å². The summed E-state index contributed by atoms with van der Waals surface area (Å²) in [4.78, 5) is 5.38. The third-order valence-electron chi connectivity index (χ3n) is 2.90. The molecule has 0 aromatic carbocycles. The minimum atomic E-state index is -4.22. The first-order valence-corrected chi connectivity index (χ1v) is 6.82. The van der Waals surface area contributed by atoms with Crippen molar-refractivity contribution in [1.82, 2.24) is 10.3 Å². The van der Waals surface area contributed by atoms with Gasteiger partial charge in [-0.05, 0) is 32.9 Å². The van der Waals surface area contributed by atoms with E-state index in [-0.39, 0.29) is 6.04 Å². The molecule has 0 saturated carbocycles. The predicted molar refractivity (Wildman–Crippen MR) is 74.8 cm³/mol. The lowest BCUT2D eigenvalue weighted by Gasteiger charge is -2.31. The molecule has 0 radical (unpaired) electrons. The number of nitrogens with one attached hydrogen (secondary N) is 1. The molecule has 0 bridgehead atoms. The van der Waals surface area contributed by atoms with Crippen LogP contribution in [0.15, 0.2) is 18.5 Å². The van der Waals surface area contributed by atoms with Crippen LogP contribution in [0.2, 0.25) is 0 Å². The molecule has 0 aliphatic heterocycles. The van der Waals surface area contributed by atoms with Crippen molar-refractivity contribution < 1.29 is 13.2 Å². The van der Waals surface area contributed by atoms with E-state index in [2.05, 4.69) is 10.3 Å². The van der Waals surface area contributed by atoms with Crippen LogP contribution in [0.3, 0.4) is 0 Å². The van der Waals surface area contributed by atoms with Crippen molar-refractivity contribution in [2.45, 2.75) is 46.0 Å². The number of aromatic nitrogens is 1. The third kappa shape index (κ3) is 5.36. The Morgan fingerprint density at radius 1 is 1.35 bits per heavy atom. The fourth-order valence-corrected chi connectivity index (χ4v) is 1.98. The molecule has 0 amide bonds. The topological polar surface area (TPSA) is 28.2 Å². The van der Waals surface area contributed by atoms with Crippen LogP contribution in [-0.2, 0) is 6.54 Å². The first kappa shape index (κ1) is 16.8. The molecular weight excluding hydrogens is 267 g/mol. The number of anilines is 1. The molecule has 1 aromatic heterocycles. The van der Waals surface area contributed by atoms with Crippen LogP contribution in [0.1, 0.15) is 32.8 Å². The molecule has 6 heteroatoms. The second kappa shape index (κ2) is 7.47. The summed E-state index contributed by atoms with van der Waals surface area (Å²) in [6.45, 7) is 5.97. The SMILES string of the molecule is CCCNCc1cnccc1N(CC(F)(F)F)C(C)C. The van der Waals surface area contributed by atoms with Crippen LogP contribution in [0.25, 0.3) is 0 Å². The molecule has 1 rings (SSSR count). The molecule has 0 atom stereocenters. The summed E-state index contributed by atoms with van der Waals surface area (Å²) in [5.41, 5.74) is 1.38. The second-order valence-corrected chi connectivity index (χ2v) is 5.02. The van der Waals surface area contributed by atoms with Crippen LogP contribution in [0, 0.1) is 0 Å². The molecule has 0 spiro atoms. The summed E-state index contributed by atoms with van der Waals surface area (Å²) < 4.78 is 38.2. The van der Waals surface area contributed by atoms with Gasteiger partial charge in [-0.2, -0.15) is 13.2 Å². The maximum absolute atomic E-state index is 12.7. The van der Waals surface area contributed by atoms with Gasteiger partial charge in [0.1, 0.15) is 6.54 Å². The minimum Gasteiger partial charge on any atom is -0.360 e. The average Bonchev–Trinajstić information content (AvgIpc) is 2.36. The zero-order valence-corrected chi connectivity index (χ0v) is 12.2. The molecule has 1 aromatic rings. The maximum Gasteiger partial charge on any atom is 0.405 e. The van der Waals surface area contributed by atoms with Crippen molar-refractivity contribution in [3.8, 4) is 0 Å². The van der Waals surface area contributed by atoms with Crippen LogP contribution in [0.4, 0.5) is 18.9 Å². The first-order valence-electron chi connectivity index (χ1n) is 6.82. The summed E-state index contributed by atoms with van der Waals surface area (Å²) in [7, 11) is 0. The van der Waals surface area contributed by atoms with E-state index < -0.39 is 12.7 Å². The number of alkyl halides is 3. The van der Waals surface area contributed by atoms with E-state index in [0.717, 1.165) is 18.5 Å². The Kier molecular flexibility index (Phi) is 6.26. The van der Waals surface area contributed by atoms with Gasteiger partial charge in [-0.3, -0.25) is 4.98 Å². The van der Waals surface area contributed by atoms with Crippen LogP contribution in [-0.4, -0.2) is 30.3 Å². The lowest BCUT2D eigenvalue weighted by atomic mass is 10.1. The van der Waals surface area contributed by atoms with Gasteiger partial charge >= 0.3 is 6.18 Å². The summed E-state index contributed by atoms with van der Waals surface area (Å²) >= 11 is 0. The molecule has 0 fully saturated rings. The fourth-order valence-electron chi connectivity index (χ4n) is 1.98. The normalized spacial score (nSPS) is 11.9. The van der Waals surface area contributed by atoms with Gasteiger partial charge in [0.15, 0.2) is 0 Å². The number of hydrogen-bond acceptors (Lipinski definition) is 3. The fraction of sp³-hybridized carbons (Fsp3) is 0.643. The Balaban J connectivity index is 2.95. The highest BCUT2D eigenvalue weighted by Crippen LogP contribution is 2.26. The number of halogens is 3. The van der Waals surface area contributed by atoms with E-state index >= 15 is 0 Å². The number of hydrogen-bond donors (Lipinski definition) is 1. The van der Waals surface area contributed by atoms with E-state index in [1.165, 1.54) is 11.1 Å². The Morgan fingerprint density at radius 3 is 2.60 bits per heavy atom. The number of nitrogens with zero attached hydrogens (tertiary/aromatic N) is 2. The summed E-state index contributed by atoms with van der Waals surface area (Å²) in [5.74, 6) is 0. The highest BCUT2D eigenvalue weighted by Gasteiger charge is 2.32. The van der Waals surface area contributed by atoms with E-state index in [1.807, 2.05) is 6.92 Å². The van der Waals surface area contributed by atoms with Crippen molar-refractivity contribution in [3.63, 3.8) is 0 Å². The predicted octanol–water partition coefficient (Wildman–Crippen LogP) is 3.36. The largest absolute Gasteiger partial charge is 0.405 e. The van der Waals surface area contributed by atoms with E-state index in [9.17, 15) is 13.2 Å². The quantitative estimate of drug-likeness (QED) is 0.780. The maximum atomic E-state index is 12.7. The molecule has 0 aliphatic rings. The molecule has 20 heavy (non-hydrogen) atoms. The molecule has 1 N–H and O–H groups in total. The Hall–Kier alpha value is -1.30. The highest BCUT2D eigenvalue weighted by molar-refractivity contribution is 5.53. The van der Waals surface area contributed by atoms with Crippen LogP contribution < -0.4 is 10.2 Å². The van der Waals surface area contributed by atoms with Gasteiger partial charge in [-0.15, -0.1) is 0 Å². The Bertz CT molecular complexity index is 405. The van der Waals surface area contributed by atoms with Gasteiger partial charge in [0.2, 0.25) is 0 Å². The van der Waals surface area contributed by atoms with Crippen LogP contribution in [0.5, 0.6) is 0 Å². The van der Waals surface area contributed by atoms with Crippen LogP contribution >= 0.6 is 0 Å². The minimum absolute atomic E-state index is 0.232. The number of pyridine rings is 1. The molecule has 114 valence electrons. The van der Waals surface area contributed by atoms with Gasteiger partial charge in [0.25, 0.3) is 0 Å². The van der Waals surface area contributed by atoms with Gasteiger partial charge in [-0.1, -0.05) is 6.92 Å². The Labute approximate surface area is 118 Å². The molecule has 0 unspecified atom stereocenters. The Morgan fingerprint density at radius 2 is 2.05 bits per heavy atom. The summed E-state index contributed by atoms with van der Waals surface area (Å²) in [6, 6.07) is 1.42. The van der Waals surface area contributed by atoms with Gasteiger partial charge in [-0.25, -0.2) is 0 Å². The lowest BCUT2D eigenvalue weighted by Crippen LogP contribution is -2.40. The monoisotopic (exact) mass is 289 g/mol. The molecule has 0 aliphatic carbocycles. The van der Waals surface area contributed by atoms with Crippen molar-refractivity contribution in [3.05, 3.63) is 24.0 Å². The van der Waals surface area contributed by atoms with Gasteiger partial charge in [0, 0.05) is 36.2 Å². The summed E-state index contributed by atoms with van der Waals surface area (Å²) in [6.07, 6.45) is -0.0815. The van der Waals surface area contributed by atoms with E-state index in [4.69, 9.17) is 0 Å². The molecule has 3 nitrogen and oxygen atoms in total. The van der Waals surface area contributed by atoms with Crippen molar-refractivity contribution in [2.24, 2.45) is 0 Å². The number of rotatable bonds is 7. The molecule has 1 heterocycles. The van der Waals surface area contributed by atoms with Crippen molar-refractivity contribution >= 4 is 5.69 Å². The zero-order valence-electron chi connectivity index (χ0n) is 12.2. The summed E-state index contributed by atoms with van der Waals surface area (Å²) in [5, 5.41) is 3.20. The van der Waals surface area contributed by atoms with Crippen molar-refractivity contribution in [2.75, 3.05) is 18.0 Å². The highest BCUT2D eigenvalue weighted by atomic mass is 19.4. The van der Waals surface area contributed by atoms with E-state index in [0.29, 0.717) is 12.2 Å². The first-order chi connectivity index (χ1) is 9.35.